The summed E-state index contributed by atoms with van der Waals surface area (Å²) in [6, 6.07) is 43.5. The number of hydrogen-bond acceptors (Lipinski definition) is 3. The molecule has 5 heteroatoms. The summed E-state index contributed by atoms with van der Waals surface area (Å²) in [5.41, 5.74) is 5.38. The minimum Gasteiger partial charge on any atom is -0.464 e. The first kappa shape index (κ1) is 27.0. The van der Waals surface area contributed by atoms with Gasteiger partial charge >= 0.3 is 0 Å². The largest absolute Gasteiger partial charge is 0.464 e. The second-order valence-electron chi connectivity index (χ2n) is 10.5. The molecule has 7 aromatic rings. The van der Waals surface area contributed by atoms with E-state index >= 15 is 0 Å². The highest BCUT2D eigenvalue weighted by Gasteiger charge is 2.38. The quantitative estimate of drug-likeness (QED) is 0.103. The fourth-order valence-electron chi connectivity index (χ4n) is 5.93. The molecule has 0 saturated carbocycles. The van der Waals surface area contributed by atoms with Crippen molar-refractivity contribution in [2.24, 2.45) is 0 Å². The van der Waals surface area contributed by atoms with E-state index in [0.29, 0.717) is 11.0 Å². The molecule has 0 fully saturated rings. The van der Waals surface area contributed by atoms with Crippen LogP contribution in [-0.2, 0) is 5.54 Å². The monoisotopic (exact) mass is 574 g/mol. The third-order valence-electron chi connectivity index (χ3n) is 8.00. The Labute approximate surface area is 254 Å². The average Bonchev–Trinajstić information content (AvgIpc) is 3.76. The van der Waals surface area contributed by atoms with Crippen LogP contribution in [0.25, 0.3) is 28.3 Å². The summed E-state index contributed by atoms with van der Waals surface area (Å²) >= 11 is 0. The first-order valence-corrected chi connectivity index (χ1v) is 14.3. The predicted octanol–water partition coefficient (Wildman–Crippen LogP) is 9.17. The van der Waals surface area contributed by atoms with E-state index < -0.39 is 17.1 Å². The SMILES string of the molecule is O=C(C=Cc1ccccc1-c1cn(C(c2ccccc2)(c2ccccc2)c2ccccc2)cn1)c1cc2ccoc2cc1F. The number of aromatic nitrogens is 2. The van der Waals surface area contributed by atoms with Gasteiger partial charge in [0.2, 0.25) is 0 Å². The summed E-state index contributed by atoms with van der Waals surface area (Å²) < 4.78 is 22.1. The molecular formula is C39H27FN2O2. The van der Waals surface area contributed by atoms with Gasteiger partial charge < -0.3 is 8.98 Å². The van der Waals surface area contributed by atoms with Gasteiger partial charge in [-0.15, -0.1) is 0 Å². The Kier molecular flexibility index (Phi) is 7.05. The van der Waals surface area contributed by atoms with Gasteiger partial charge in [-0.05, 0) is 40.5 Å². The Balaban J connectivity index is 1.32. The number of ketones is 1. The van der Waals surface area contributed by atoms with Gasteiger partial charge in [-0.1, -0.05) is 121 Å². The van der Waals surface area contributed by atoms with E-state index in [1.165, 1.54) is 24.5 Å². The van der Waals surface area contributed by atoms with Gasteiger partial charge in [-0.2, -0.15) is 0 Å². The number of carbonyl (C=O) groups is 1. The van der Waals surface area contributed by atoms with E-state index in [2.05, 4.69) is 77.4 Å². The van der Waals surface area contributed by atoms with Crippen LogP contribution in [0.5, 0.6) is 0 Å². The number of hydrogen-bond donors (Lipinski definition) is 0. The molecule has 2 aromatic heterocycles. The molecule has 0 spiro atoms. The Morgan fingerprint density at radius 3 is 1.98 bits per heavy atom. The fourth-order valence-corrected chi connectivity index (χ4v) is 5.93. The number of rotatable bonds is 8. The summed E-state index contributed by atoms with van der Waals surface area (Å²) in [5.74, 6) is -1.05. The predicted molar refractivity (Wildman–Crippen MR) is 172 cm³/mol. The topological polar surface area (TPSA) is 48.0 Å². The maximum Gasteiger partial charge on any atom is 0.188 e. The number of fused-ring (bicyclic) bond motifs is 1. The molecule has 0 aliphatic rings. The van der Waals surface area contributed by atoms with Crippen LogP contribution >= 0.6 is 0 Å². The zero-order chi connectivity index (χ0) is 29.9. The van der Waals surface area contributed by atoms with E-state index in [9.17, 15) is 9.18 Å². The van der Waals surface area contributed by atoms with Crippen molar-refractivity contribution in [1.82, 2.24) is 9.55 Å². The number of halogens is 1. The lowest BCUT2D eigenvalue weighted by Gasteiger charge is -2.37. The Morgan fingerprint density at radius 1 is 0.750 bits per heavy atom. The zero-order valence-electron chi connectivity index (χ0n) is 23.7. The van der Waals surface area contributed by atoms with Gasteiger partial charge in [0.15, 0.2) is 5.78 Å². The molecule has 0 bridgehead atoms. The fraction of sp³-hybridized carbons (Fsp3) is 0.0256. The number of nitrogens with zero attached hydrogens (tertiary/aromatic N) is 2. The van der Waals surface area contributed by atoms with Crippen molar-refractivity contribution >= 4 is 22.8 Å². The molecule has 0 N–H and O–H groups in total. The first-order chi connectivity index (χ1) is 21.6. The lowest BCUT2D eigenvalue weighted by atomic mass is 9.77. The summed E-state index contributed by atoms with van der Waals surface area (Å²) in [4.78, 5) is 18.0. The van der Waals surface area contributed by atoms with Crippen molar-refractivity contribution in [3.05, 3.63) is 192 Å². The first-order valence-electron chi connectivity index (χ1n) is 14.3. The Bertz CT molecular complexity index is 2000. The lowest BCUT2D eigenvalue weighted by molar-refractivity contribution is 0.104. The summed E-state index contributed by atoms with van der Waals surface area (Å²) in [7, 11) is 0. The highest BCUT2D eigenvalue weighted by atomic mass is 19.1. The maximum absolute atomic E-state index is 14.7. The Hall–Kier alpha value is -5.81. The minimum absolute atomic E-state index is 0.00437. The van der Waals surface area contributed by atoms with Crippen molar-refractivity contribution in [1.29, 1.82) is 0 Å². The van der Waals surface area contributed by atoms with Crippen LogP contribution in [0.15, 0.2) is 163 Å². The second kappa shape index (κ2) is 11.5. The van der Waals surface area contributed by atoms with Gasteiger partial charge in [0, 0.05) is 23.2 Å². The molecule has 2 heterocycles. The van der Waals surface area contributed by atoms with Gasteiger partial charge in [-0.3, -0.25) is 4.79 Å². The number of furan rings is 1. The smallest absolute Gasteiger partial charge is 0.188 e. The van der Waals surface area contributed by atoms with E-state index in [-0.39, 0.29) is 5.56 Å². The third-order valence-corrected chi connectivity index (χ3v) is 8.00. The normalized spacial score (nSPS) is 11.8. The van der Waals surface area contributed by atoms with Crippen LogP contribution < -0.4 is 0 Å². The third kappa shape index (κ3) is 4.74. The number of carbonyl (C=O) groups excluding carboxylic acids is 1. The molecular weight excluding hydrogens is 547 g/mol. The van der Waals surface area contributed by atoms with Crippen LogP contribution in [0, 0.1) is 5.82 Å². The average molecular weight is 575 g/mol. The standard InChI is InChI=1S/C39H27FN2O2/c40-35-25-38-29(22-23-44-38)24-34(35)37(43)21-20-28-12-10-11-19-33(28)36-26-42(27-41-36)39(30-13-4-1-5-14-30,31-15-6-2-7-16-31)32-17-8-3-9-18-32/h1-27H. The molecule has 4 nitrogen and oxygen atoms in total. The van der Waals surface area contributed by atoms with Crippen LogP contribution in [0.1, 0.15) is 32.6 Å². The maximum atomic E-state index is 14.7. The van der Waals surface area contributed by atoms with Gasteiger partial charge in [0.1, 0.15) is 16.9 Å². The minimum atomic E-state index is -0.695. The second-order valence-corrected chi connectivity index (χ2v) is 10.5. The highest BCUT2D eigenvalue weighted by Crippen LogP contribution is 2.41. The molecule has 0 radical (unpaired) electrons. The molecule has 0 atom stereocenters. The molecule has 212 valence electrons. The van der Waals surface area contributed by atoms with Gasteiger partial charge in [0.25, 0.3) is 0 Å². The molecule has 5 aromatic carbocycles. The molecule has 0 aliphatic heterocycles. The van der Waals surface area contributed by atoms with E-state index in [0.717, 1.165) is 33.5 Å². The molecule has 0 saturated heterocycles. The van der Waals surface area contributed by atoms with Crippen LogP contribution in [0.3, 0.4) is 0 Å². The number of imidazole rings is 1. The highest BCUT2D eigenvalue weighted by molar-refractivity contribution is 6.09. The molecule has 44 heavy (non-hydrogen) atoms. The van der Waals surface area contributed by atoms with E-state index in [1.807, 2.05) is 55.0 Å². The van der Waals surface area contributed by atoms with E-state index in [1.54, 1.807) is 12.1 Å². The lowest BCUT2D eigenvalue weighted by Crippen LogP contribution is -2.36. The van der Waals surface area contributed by atoms with Crippen LogP contribution in [-0.4, -0.2) is 15.3 Å². The van der Waals surface area contributed by atoms with E-state index in [4.69, 9.17) is 9.40 Å². The summed E-state index contributed by atoms with van der Waals surface area (Å²) in [6.07, 6.45) is 8.51. The summed E-state index contributed by atoms with van der Waals surface area (Å²) in [5, 5.41) is 0.674. The van der Waals surface area contributed by atoms with Crippen molar-refractivity contribution in [3.8, 4) is 11.3 Å². The van der Waals surface area contributed by atoms with Gasteiger partial charge in [0.05, 0.1) is 23.8 Å². The van der Waals surface area contributed by atoms with Crippen molar-refractivity contribution in [2.75, 3.05) is 0 Å². The van der Waals surface area contributed by atoms with Crippen LogP contribution in [0.2, 0.25) is 0 Å². The molecule has 7 rings (SSSR count). The number of benzene rings is 5. The van der Waals surface area contributed by atoms with Crippen molar-refractivity contribution < 1.29 is 13.6 Å². The number of allylic oxidation sites excluding steroid dienone is 1. The van der Waals surface area contributed by atoms with Gasteiger partial charge in [-0.25, -0.2) is 9.37 Å². The Morgan fingerprint density at radius 2 is 1.34 bits per heavy atom. The van der Waals surface area contributed by atoms with Crippen molar-refractivity contribution in [2.45, 2.75) is 5.54 Å². The summed E-state index contributed by atoms with van der Waals surface area (Å²) in [6.45, 7) is 0. The van der Waals surface area contributed by atoms with Crippen LogP contribution in [0.4, 0.5) is 4.39 Å². The molecule has 0 unspecified atom stereocenters. The molecule has 0 aliphatic carbocycles. The molecule has 0 amide bonds. The zero-order valence-corrected chi connectivity index (χ0v) is 23.7. The van der Waals surface area contributed by atoms with Crippen molar-refractivity contribution in [3.63, 3.8) is 0 Å².